The second-order valence-electron chi connectivity index (χ2n) is 9.58. The zero-order valence-corrected chi connectivity index (χ0v) is 21.4. The lowest BCUT2D eigenvalue weighted by Crippen LogP contribution is -2.34. The van der Waals surface area contributed by atoms with Gasteiger partial charge in [0.25, 0.3) is 5.91 Å². The van der Waals surface area contributed by atoms with Crippen LogP contribution in [0.15, 0.2) is 77.2 Å². The first-order chi connectivity index (χ1) is 17.9. The summed E-state index contributed by atoms with van der Waals surface area (Å²) >= 11 is 0. The summed E-state index contributed by atoms with van der Waals surface area (Å²) in [6.07, 6.45) is 1.45. The van der Waals surface area contributed by atoms with E-state index in [1.165, 1.54) is 0 Å². The number of nitrogens with one attached hydrogen (secondary N) is 1. The van der Waals surface area contributed by atoms with E-state index in [-0.39, 0.29) is 17.8 Å². The molecule has 7 heteroatoms. The number of nitrogens with zero attached hydrogens (tertiary/aromatic N) is 3. The van der Waals surface area contributed by atoms with Crippen LogP contribution in [0.2, 0.25) is 0 Å². The summed E-state index contributed by atoms with van der Waals surface area (Å²) in [7, 11) is 0. The number of hydrogen-bond donors (Lipinski definition) is 2. The zero-order chi connectivity index (χ0) is 26.4. The molecule has 4 aromatic rings. The van der Waals surface area contributed by atoms with Crippen molar-refractivity contribution in [2.75, 3.05) is 6.54 Å². The summed E-state index contributed by atoms with van der Waals surface area (Å²) in [4.78, 5) is 13.1. The van der Waals surface area contributed by atoms with E-state index < -0.39 is 5.41 Å². The zero-order valence-electron chi connectivity index (χ0n) is 21.4. The predicted octanol–water partition coefficient (Wildman–Crippen LogP) is 5.26. The lowest BCUT2D eigenvalue weighted by Gasteiger charge is -2.23. The van der Waals surface area contributed by atoms with Crippen molar-refractivity contribution in [1.82, 2.24) is 15.5 Å². The largest absolute Gasteiger partial charge is 0.420 e. The van der Waals surface area contributed by atoms with Crippen molar-refractivity contribution >= 4 is 5.91 Å². The maximum absolute atomic E-state index is 13.1. The minimum absolute atomic E-state index is 0.0178. The molecule has 0 fully saturated rings. The molecule has 0 spiro atoms. The van der Waals surface area contributed by atoms with E-state index in [0.29, 0.717) is 35.5 Å². The number of carbonyl (C=O) groups excluding carboxylic acids is 1. The van der Waals surface area contributed by atoms with Crippen LogP contribution < -0.4 is 11.1 Å². The molecule has 1 heterocycles. The van der Waals surface area contributed by atoms with Crippen LogP contribution in [-0.4, -0.2) is 28.7 Å². The van der Waals surface area contributed by atoms with Crippen LogP contribution in [0.1, 0.15) is 54.6 Å². The molecule has 0 saturated heterocycles. The number of rotatable bonds is 9. The van der Waals surface area contributed by atoms with Crippen molar-refractivity contribution < 1.29 is 9.21 Å². The molecule has 0 saturated carbocycles. The Labute approximate surface area is 217 Å². The van der Waals surface area contributed by atoms with Gasteiger partial charge in [-0.3, -0.25) is 4.79 Å². The van der Waals surface area contributed by atoms with Crippen molar-refractivity contribution in [3.63, 3.8) is 0 Å². The van der Waals surface area contributed by atoms with Gasteiger partial charge < -0.3 is 15.5 Å². The highest BCUT2D eigenvalue weighted by Gasteiger charge is 2.32. The predicted molar refractivity (Wildman–Crippen MR) is 144 cm³/mol. The number of benzene rings is 3. The first-order valence-corrected chi connectivity index (χ1v) is 12.4. The number of aromatic nitrogens is 2. The SMILES string of the molecule is CCC(C)NC(=O)c1cc(-c2nnc(C(C)(CN)Cc3ccccc3)o2)cc(-c2ccccc2C#N)c1. The van der Waals surface area contributed by atoms with Gasteiger partial charge in [-0.05, 0) is 67.6 Å². The summed E-state index contributed by atoms with van der Waals surface area (Å²) in [5, 5.41) is 21.3. The van der Waals surface area contributed by atoms with Gasteiger partial charge in [0.1, 0.15) is 0 Å². The summed E-state index contributed by atoms with van der Waals surface area (Å²) in [5.74, 6) is 0.515. The van der Waals surface area contributed by atoms with E-state index in [9.17, 15) is 10.1 Å². The summed E-state index contributed by atoms with van der Waals surface area (Å²) in [6, 6.07) is 25.0. The summed E-state index contributed by atoms with van der Waals surface area (Å²) < 4.78 is 6.18. The van der Waals surface area contributed by atoms with Crippen molar-refractivity contribution in [3.05, 3.63) is 95.4 Å². The molecule has 1 amide bonds. The molecule has 4 rings (SSSR count). The minimum Gasteiger partial charge on any atom is -0.420 e. The molecule has 0 aliphatic rings. The monoisotopic (exact) mass is 493 g/mol. The van der Waals surface area contributed by atoms with Gasteiger partial charge in [0.15, 0.2) is 0 Å². The molecule has 1 aromatic heterocycles. The van der Waals surface area contributed by atoms with Gasteiger partial charge in [0.05, 0.1) is 17.0 Å². The van der Waals surface area contributed by atoms with E-state index in [1.54, 1.807) is 18.2 Å². The van der Waals surface area contributed by atoms with Crippen molar-refractivity contribution in [3.8, 4) is 28.7 Å². The third-order valence-corrected chi connectivity index (χ3v) is 6.62. The van der Waals surface area contributed by atoms with Gasteiger partial charge in [0, 0.05) is 23.7 Å². The standard InChI is InChI=1S/C30H31N5O2/c1-4-20(2)33-27(36)24-14-23(26-13-9-8-12-22(26)18-31)15-25(16-24)28-34-35-29(37-28)30(3,19-32)17-21-10-6-5-7-11-21/h5-16,20H,4,17,19,32H2,1-3H3,(H,33,36). The molecule has 37 heavy (non-hydrogen) atoms. The van der Waals surface area contributed by atoms with Crippen LogP contribution in [0, 0.1) is 11.3 Å². The number of nitriles is 1. The van der Waals surface area contributed by atoms with Crippen molar-refractivity contribution in [1.29, 1.82) is 5.26 Å². The first-order valence-electron chi connectivity index (χ1n) is 12.4. The van der Waals surface area contributed by atoms with Crippen LogP contribution in [0.4, 0.5) is 0 Å². The summed E-state index contributed by atoms with van der Waals surface area (Å²) in [6.45, 7) is 6.29. The fourth-order valence-electron chi connectivity index (χ4n) is 4.14. The highest BCUT2D eigenvalue weighted by Crippen LogP contribution is 2.32. The molecule has 0 bridgehead atoms. The topological polar surface area (TPSA) is 118 Å². The van der Waals surface area contributed by atoms with E-state index in [4.69, 9.17) is 10.2 Å². The van der Waals surface area contributed by atoms with Crippen LogP contribution in [0.5, 0.6) is 0 Å². The van der Waals surface area contributed by atoms with Gasteiger partial charge in [-0.25, -0.2) is 0 Å². The second-order valence-corrected chi connectivity index (χ2v) is 9.58. The Bertz CT molecular complexity index is 1420. The van der Waals surface area contributed by atoms with E-state index in [1.807, 2.05) is 75.4 Å². The van der Waals surface area contributed by atoms with Gasteiger partial charge in [0.2, 0.25) is 11.8 Å². The Kier molecular flexibility index (Phi) is 7.80. The molecule has 2 unspecified atom stereocenters. The van der Waals surface area contributed by atoms with Crippen LogP contribution in [0.25, 0.3) is 22.6 Å². The van der Waals surface area contributed by atoms with E-state index >= 15 is 0 Å². The maximum Gasteiger partial charge on any atom is 0.251 e. The second kappa shape index (κ2) is 11.2. The lowest BCUT2D eigenvalue weighted by atomic mass is 9.83. The quantitative estimate of drug-likeness (QED) is 0.328. The molecule has 3 N–H and O–H groups in total. The van der Waals surface area contributed by atoms with Gasteiger partial charge >= 0.3 is 0 Å². The number of carbonyl (C=O) groups is 1. The molecular formula is C30H31N5O2. The highest BCUT2D eigenvalue weighted by atomic mass is 16.4. The van der Waals surface area contributed by atoms with Gasteiger partial charge in [-0.15, -0.1) is 10.2 Å². The molecular weight excluding hydrogens is 462 g/mol. The molecule has 188 valence electrons. The fraction of sp³-hybridized carbons (Fsp3) is 0.267. The van der Waals surface area contributed by atoms with E-state index in [0.717, 1.165) is 23.1 Å². The minimum atomic E-state index is -0.561. The molecule has 3 aromatic carbocycles. The smallest absolute Gasteiger partial charge is 0.251 e. The highest BCUT2D eigenvalue weighted by molar-refractivity contribution is 5.97. The molecule has 0 aliphatic heterocycles. The average molecular weight is 494 g/mol. The molecule has 0 aliphatic carbocycles. The Morgan fingerprint density at radius 2 is 1.78 bits per heavy atom. The Balaban J connectivity index is 1.77. The van der Waals surface area contributed by atoms with Crippen LogP contribution in [-0.2, 0) is 11.8 Å². The number of hydrogen-bond acceptors (Lipinski definition) is 6. The first kappa shape index (κ1) is 25.8. The Morgan fingerprint density at radius 1 is 1.08 bits per heavy atom. The van der Waals surface area contributed by atoms with Crippen molar-refractivity contribution in [2.45, 2.75) is 45.1 Å². The Hall–Kier alpha value is -4.28. The van der Waals surface area contributed by atoms with Gasteiger partial charge in [-0.2, -0.15) is 5.26 Å². The molecule has 2 atom stereocenters. The number of nitrogens with two attached hydrogens (primary N) is 1. The number of amides is 1. The third-order valence-electron chi connectivity index (χ3n) is 6.62. The van der Waals surface area contributed by atoms with Gasteiger partial charge in [-0.1, -0.05) is 55.5 Å². The normalized spacial score (nSPS) is 13.4. The molecule has 7 nitrogen and oxygen atoms in total. The average Bonchev–Trinajstić information content (AvgIpc) is 3.44. The van der Waals surface area contributed by atoms with Crippen LogP contribution >= 0.6 is 0 Å². The lowest BCUT2D eigenvalue weighted by molar-refractivity contribution is 0.0939. The van der Waals surface area contributed by atoms with Crippen LogP contribution in [0.3, 0.4) is 0 Å². The third kappa shape index (κ3) is 5.76. The summed E-state index contributed by atoms with van der Waals surface area (Å²) in [5.41, 5.74) is 9.73. The maximum atomic E-state index is 13.1. The molecule has 0 radical (unpaired) electrons. The van der Waals surface area contributed by atoms with E-state index in [2.05, 4.69) is 21.6 Å². The van der Waals surface area contributed by atoms with Crippen molar-refractivity contribution in [2.24, 2.45) is 5.73 Å². The Morgan fingerprint density at radius 3 is 2.49 bits per heavy atom. The fourth-order valence-corrected chi connectivity index (χ4v) is 4.14.